The van der Waals surface area contributed by atoms with Crippen molar-refractivity contribution in [1.82, 2.24) is 5.32 Å². The third kappa shape index (κ3) is 4.31. The van der Waals surface area contributed by atoms with Crippen molar-refractivity contribution in [2.75, 3.05) is 18.2 Å². The normalized spacial score (nSPS) is 9.78. The number of carbonyl (C=O) groups excluding carboxylic acids is 3. The molecule has 4 N–H and O–H groups in total. The molecule has 0 saturated heterocycles. The van der Waals surface area contributed by atoms with Crippen LogP contribution >= 0.6 is 0 Å². The molecule has 7 heteroatoms. The average Bonchev–Trinajstić information content (AvgIpc) is 2.55. The van der Waals surface area contributed by atoms with Crippen LogP contribution in [0.5, 0.6) is 5.75 Å². The fourth-order valence-corrected chi connectivity index (χ4v) is 1.76. The molecule has 23 heavy (non-hydrogen) atoms. The molecule has 0 spiro atoms. The molecule has 2 aromatic rings. The molecule has 0 aliphatic carbocycles. The molecule has 7 nitrogen and oxygen atoms in total. The van der Waals surface area contributed by atoms with Crippen LogP contribution in [0, 0.1) is 0 Å². The maximum Gasteiger partial charge on any atom is 0.316 e. The topological polar surface area (TPSA) is 111 Å². The second-order valence-electron chi connectivity index (χ2n) is 4.59. The first-order valence-electron chi connectivity index (χ1n) is 6.66. The van der Waals surface area contributed by atoms with Gasteiger partial charge in [-0.1, -0.05) is 6.07 Å². The van der Waals surface area contributed by atoms with Crippen molar-refractivity contribution >= 4 is 29.1 Å². The second-order valence-corrected chi connectivity index (χ2v) is 4.59. The Bertz CT molecular complexity index is 741. The van der Waals surface area contributed by atoms with Crippen LogP contribution in [0.25, 0.3) is 0 Å². The molecule has 0 radical (unpaired) electrons. The van der Waals surface area contributed by atoms with Gasteiger partial charge in [0.2, 0.25) is 0 Å². The fourth-order valence-electron chi connectivity index (χ4n) is 1.76. The number of rotatable bonds is 3. The number of methoxy groups -OCH3 is 1. The van der Waals surface area contributed by atoms with Gasteiger partial charge in [0.1, 0.15) is 5.75 Å². The van der Waals surface area contributed by atoms with E-state index in [0.717, 1.165) is 0 Å². The highest BCUT2D eigenvalue weighted by atomic mass is 16.5. The van der Waals surface area contributed by atoms with E-state index in [1.165, 1.54) is 31.4 Å². The van der Waals surface area contributed by atoms with E-state index in [0.29, 0.717) is 17.1 Å². The number of carbonyl (C=O) groups is 3. The number of nitrogens with two attached hydrogens (primary N) is 1. The summed E-state index contributed by atoms with van der Waals surface area (Å²) in [5.41, 5.74) is 6.61. The number of imide groups is 1. The Morgan fingerprint density at radius 1 is 1.00 bits per heavy atom. The molecule has 2 aromatic carbocycles. The highest BCUT2D eigenvalue weighted by molar-refractivity contribution is 6.42. The van der Waals surface area contributed by atoms with E-state index in [2.05, 4.69) is 5.32 Å². The molecule has 118 valence electrons. The minimum Gasteiger partial charge on any atom is -0.497 e. The van der Waals surface area contributed by atoms with Crippen LogP contribution in [0.15, 0.2) is 48.5 Å². The molecular weight excluding hydrogens is 298 g/mol. The SMILES string of the molecule is COc1cccc(NC(=O)C(=O)NC(=O)c2ccc(N)cc2)c1. The van der Waals surface area contributed by atoms with E-state index in [1.54, 1.807) is 24.3 Å². The van der Waals surface area contributed by atoms with Crippen LogP contribution in [0.3, 0.4) is 0 Å². The highest BCUT2D eigenvalue weighted by Crippen LogP contribution is 2.16. The van der Waals surface area contributed by atoms with Gasteiger partial charge in [0.05, 0.1) is 7.11 Å². The van der Waals surface area contributed by atoms with Crippen molar-refractivity contribution in [3.05, 3.63) is 54.1 Å². The summed E-state index contributed by atoms with van der Waals surface area (Å²) in [6.45, 7) is 0. The van der Waals surface area contributed by atoms with Gasteiger partial charge >= 0.3 is 11.8 Å². The molecule has 0 saturated carbocycles. The Balaban J connectivity index is 1.98. The number of hydrogen-bond acceptors (Lipinski definition) is 5. The maximum absolute atomic E-state index is 11.9. The molecule has 0 aliphatic heterocycles. The minimum absolute atomic E-state index is 0.224. The third-order valence-corrected chi connectivity index (χ3v) is 2.93. The van der Waals surface area contributed by atoms with E-state index < -0.39 is 17.7 Å². The van der Waals surface area contributed by atoms with Gasteiger partial charge in [-0.15, -0.1) is 0 Å². The summed E-state index contributed by atoms with van der Waals surface area (Å²) in [5, 5.41) is 4.38. The molecule has 0 bridgehead atoms. The van der Waals surface area contributed by atoms with Crippen molar-refractivity contribution in [3.63, 3.8) is 0 Å². The standard InChI is InChI=1S/C16H15N3O4/c1-23-13-4-2-3-12(9-13)18-15(21)16(22)19-14(20)10-5-7-11(17)8-6-10/h2-9H,17H2,1H3,(H,18,21)(H,19,20,22). The van der Waals surface area contributed by atoms with Crippen molar-refractivity contribution in [2.24, 2.45) is 0 Å². The van der Waals surface area contributed by atoms with Crippen LogP contribution in [-0.2, 0) is 9.59 Å². The van der Waals surface area contributed by atoms with E-state index in [4.69, 9.17) is 10.5 Å². The van der Waals surface area contributed by atoms with Crippen LogP contribution in [0.1, 0.15) is 10.4 Å². The predicted molar refractivity (Wildman–Crippen MR) is 85.0 cm³/mol. The number of nitrogens with one attached hydrogen (secondary N) is 2. The Hall–Kier alpha value is -3.35. The monoisotopic (exact) mass is 313 g/mol. The van der Waals surface area contributed by atoms with Gasteiger partial charge in [-0.2, -0.15) is 0 Å². The van der Waals surface area contributed by atoms with Gasteiger partial charge in [0.25, 0.3) is 5.91 Å². The van der Waals surface area contributed by atoms with Crippen LogP contribution in [-0.4, -0.2) is 24.8 Å². The van der Waals surface area contributed by atoms with Crippen molar-refractivity contribution in [2.45, 2.75) is 0 Å². The first-order valence-corrected chi connectivity index (χ1v) is 6.66. The zero-order valence-electron chi connectivity index (χ0n) is 12.3. The predicted octanol–water partition coefficient (Wildman–Crippen LogP) is 1.17. The van der Waals surface area contributed by atoms with Crippen LogP contribution < -0.4 is 21.1 Å². The number of ether oxygens (including phenoxy) is 1. The largest absolute Gasteiger partial charge is 0.497 e. The lowest BCUT2D eigenvalue weighted by Gasteiger charge is -2.07. The Kier molecular flexibility index (Phi) is 4.93. The van der Waals surface area contributed by atoms with Crippen molar-refractivity contribution in [3.8, 4) is 5.75 Å². The summed E-state index contributed by atoms with van der Waals surface area (Å²) in [7, 11) is 1.49. The zero-order valence-corrected chi connectivity index (χ0v) is 12.3. The lowest BCUT2D eigenvalue weighted by molar-refractivity contribution is -0.135. The molecule has 0 fully saturated rings. The zero-order chi connectivity index (χ0) is 16.8. The average molecular weight is 313 g/mol. The summed E-state index contributed by atoms with van der Waals surface area (Å²) in [6, 6.07) is 12.5. The van der Waals surface area contributed by atoms with Gasteiger partial charge in [-0.05, 0) is 36.4 Å². The number of hydrogen-bond donors (Lipinski definition) is 3. The third-order valence-electron chi connectivity index (χ3n) is 2.93. The smallest absolute Gasteiger partial charge is 0.316 e. The number of nitrogen functional groups attached to an aromatic ring is 1. The Morgan fingerprint density at radius 2 is 1.70 bits per heavy atom. The number of anilines is 2. The van der Waals surface area contributed by atoms with Gasteiger partial charge in [0, 0.05) is 23.0 Å². The molecular formula is C16H15N3O4. The summed E-state index contributed by atoms with van der Waals surface area (Å²) < 4.78 is 5.01. The lowest BCUT2D eigenvalue weighted by atomic mass is 10.2. The second kappa shape index (κ2) is 7.08. The quantitative estimate of drug-likeness (QED) is 0.582. The summed E-state index contributed by atoms with van der Waals surface area (Å²) >= 11 is 0. The van der Waals surface area contributed by atoms with Crippen LogP contribution in [0.4, 0.5) is 11.4 Å². The molecule has 0 aromatic heterocycles. The van der Waals surface area contributed by atoms with E-state index in [9.17, 15) is 14.4 Å². The van der Waals surface area contributed by atoms with Crippen molar-refractivity contribution in [1.29, 1.82) is 0 Å². The number of amides is 3. The number of benzene rings is 2. The van der Waals surface area contributed by atoms with Gasteiger partial charge in [-0.3, -0.25) is 19.7 Å². The Labute approximate surface area is 132 Å². The minimum atomic E-state index is -1.06. The first kappa shape index (κ1) is 16.0. The van der Waals surface area contributed by atoms with Crippen LogP contribution in [0.2, 0.25) is 0 Å². The Morgan fingerprint density at radius 3 is 2.35 bits per heavy atom. The highest BCUT2D eigenvalue weighted by Gasteiger charge is 2.18. The first-order chi connectivity index (χ1) is 11.0. The molecule has 0 atom stereocenters. The van der Waals surface area contributed by atoms with Gasteiger partial charge in [0.15, 0.2) is 0 Å². The molecule has 0 unspecified atom stereocenters. The van der Waals surface area contributed by atoms with E-state index >= 15 is 0 Å². The van der Waals surface area contributed by atoms with Crippen molar-refractivity contribution < 1.29 is 19.1 Å². The summed E-state index contributed by atoms with van der Waals surface area (Å²) in [6.07, 6.45) is 0. The molecule has 0 aliphatic rings. The van der Waals surface area contributed by atoms with E-state index in [-0.39, 0.29) is 5.56 Å². The molecule has 2 rings (SSSR count). The van der Waals surface area contributed by atoms with Gasteiger partial charge < -0.3 is 15.8 Å². The molecule has 0 heterocycles. The summed E-state index contributed by atoms with van der Waals surface area (Å²) in [5.74, 6) is -2.17. The lowest BCUT2D eigenvalue weighted by Crippen LogP contribution is -2.39. The summed E-state index contributed by atoms with van der Waals surface area (Å²) in [4.78, 5) is 35.4. The maximum atomic E-state index is 11.9. The molecule has 3 amide bonds. The fraction of sp³-hybridized carbons (Fsp3) is 0.0625. The van der Waals surface area contributed by atoms with Gasteiger partial charge in [-0.25, -0.2) is 0 Å². The van der Waals surface area contributed by atoms with E-state index in [1.807, 2.05) is 5.32 Å².